The molecule has 0 radical (unpaired) electrons. The second-order valence-corrected chi connectivity index (χ2v) is 10.7. The minimum absolute atomic E-state index is 0.00628. The molecule has 7 nitrogen and oxygen atoms in total. The lowest BCUT2D eigenvalue weighted by molar-refractivity contribution is -0.132. The number of hydrogen-bond acceptors (Lipinski definition) is 6. The van der Waals surface area contributed by atoms with Gasteiger partial charge in [0.25, 0.3) is 11.7 Å². The van der Waals surface area contributed by atoms with Gasteiger partial charge in [-0.25, -0.2) is 4.79 Å². The molecule has 1 heterocycles. The molecule has 39 heavy (non-hydrogen) atoms. The second kappa shape index (κ2) is 10.4. The Balaban J connectivity index is 1.93. The average molecular weight is 528 g/mol. The summed E-state index contributed by atoms with van der Waals surface area (Å²) in [6, 6.07) is 16.6. The van der Waals surface area contributed by atoms with Gasteiger partial charge < -0.3 is 14.6 Å². The van der Waals surface area contributed by atoms with Gasteiger partial charge >= 0.3 is 5.97 Å². The second-order valence-electron chi connectivity index (χ2n) is 10.7. The van der Waals surface area contributed by atoms with E-state index in [0.29, 0.717) is 33.7 Å². The lowest BCUT2D eigenvalue weighted by Crippen LogP contribution is -2.29. The summed E-state index contributed by atoms with van der Waals surface area (Å²) in [5, 5.41) is 11.6. The maximum absolute atomic E-state index is 13.5. The molecule has 0 aliphatic carbocycles. The van der Waals surface area contributed by atoms with Crippen LogP contribution in [-0.2, 0) is 19.7 Å². The molecule has 1 saturated heterocycles. The van der Waals surface area contributed by atoms with Crippen LogP contribution in [0.15, 0.2) is 66.2 Å². The molecule has 1 fully saturated rings. The number of aryl methyl sites for hydroxylation is 2. The van der Waals surface area contributed by atoms with Gasteiger partial charge in [-0.15, -0.1) is 0 Å². The Kier molecular flexibility index (Phi) is 7.37. The topological polar surface area (TPSA) is 93.1 Å². The van der Waals surface area contributed by atoms with Crippen molar-refractivity contribution in [3.05, 3.63) is 99.6 Å². The van der Waals surface area contributed by atoms with Crippen molar-refractivity contribution in [2.75, 3.05) is 19.1 Å². The summed E-state index contributed by atoms with van der Waals surface area (Å²) >= 11 is 0. The number of anilines is 1. The third kappa shape index (κ3) is 5.04. The summed E-state index contributed by atoms with van der Waals surface area (Å²) in [4.78, 5) is 40.4. The van der Waals surface area contributed by atoms with Crippen molar-refractivity contribution in [2.24, 2.45) is 0 Å². The van der Waals surface area contributed by atoms with Gasteiger partial charge in [-0.05, 0) is 77.9 Å². The summed E-state index contributed by atoms with van der Waals surface area (Å²) in [7, 11) is 2.86. The van der Waals surface area contributed by atoms with E-state index in [1.165, 1.54) is 24.1 Å². The zero-order valence-corrected chi connectivity index (χ0v) is 23.3. The Morgan fingerprint density at radius 3 is 2.05 bits per heavy atom. The summed E-state index contributed by atoms with van der Waals surface area (Å²) in [5.41, 5.74) is 4.31. The van der Waals surface area contributed by atoms with Gasteiger partial charge in [0, 0.05) is 11.3 Å². The van der Waals surface area contributed by atoms with E-state index in [4.69, 9.17) is 9.47 Å². The van der Waals surface area contributed by atoms with Crippen LogP contribution in [0.5, 0.6) is 5.75 Å². The highest BCUT2D eigenvalue weighted by molar-refractivity contribution is 6.51. The lowest BCUT2D eigenvalue weighted by Gasteiger charge is -2.27. The van der Waals surface area contributed by atoms with Crippen molar-refractivity contribution in [2.45, 2.75) is 46.1 Å². The number of nitrogens with zero attached hydrogens (tertiary/aromatic N) is 1. The molecule has 0 spiro atoms. The third-order valence-electron chi connectivity index (χ3n) is 7.10. The first-order chi connectivity index (χ1) is 18.4. The van der Waals surface area contributed by atoms with Crippen molar-refractivity contribution in [3.8, 4) is 5.75 Å². The molecule has 202 valence electrons. The van der Waals surface area contributed by atoms with E-state index in [1.807, 2.05) is 38.1 Å². The first kappa shape index (κ1) is 27.6. The third-order valence-corrected chi connectivity index (χ3v) is 7.10. The number of hydrogen-bond donors (Lipinski definition) is 1. The molecule has 7 heteroatoms. The molecular weight excluding hydrogens is 494 g/mol. The summed E-state index contributed by atoms with van der Waals surface area (Å²) in [5.74, 6) is -1.67. The molecule has 0 saturated carbocycles. The molecule has 1 atom stereocenters. The molecule has 1 amide bonds. The van der Waals surface area contributed by atoms with Crippen LogP contribution in [0, 0.1) is 13.8 Å². The maximum atomic E-state index is 13.5. The van der Waals surface area contributed by atoms with Crippen molar-refractivity contribution < 1.29 is 29.0 Å². The Morgan fingerprint density at radius 1 is 0.897 bits per heavy atom. The van der Waals surface area contributed by atoms with Gasteiger partial charge in [-0.1, -0.05) is 45.0 Å². The molecule has 3 aromatic carbocycles. The normalized spacial score (nSPS) is 16.9. The predicted molar refractivity (Wildman–Crippen MR) is 150 cm³/mol. The monoisotopic (exact) mass is 527 g/mol. The van der Waals surface area contributed by atoms with Crippen LogP contribution in [0.25, 0.3) is 5.76 Å². The van der Waals surface area contributed by atoms with Crippen LogP contribution >= 0.6 is 0 Å². The smallest absolute Gasteiger partial charge is 0.337 e. The minimum atomic E-state index is -0.884. The molecule has 1 unspecified atom stereocenters. The number of methoxy groups -OCH3 is 2. The van der Waals surface area contributed by atoms with E-state index >= 15 is 0 Å². The maximum Gasteiger partial charge on any atom is 0.337 e. The number of carbonyl (C=O) groups excluding carboxylic acids is 3. The minimum Gasteiger partial charge on any atom is -0.507 e. The molecule has 3 aromatic rings. The van der Waals surface area contributed by atoms with E-state index in [9.17, 15) is 19.5 Å². The van der Waals surface area contributed by atoms with Crippen LogP contribution in [0.1, 0.15) is 65.0 Å². The van der Waals surface area contributed by atoms with E-state index in [-0.39, 0.29) is 16.7 Å². The molecule has 1 N–H and O–H groups in total. The van der Waals surface area contributed by atoms with Crippen LogP contribution in [0.4, 0.5) is 5.69 Å². The molecule has 1 aliphatic rings. The van der Waals surface area contributed by atoms with Crippen molar-refractivity contribution in [1.29, 1.82) is 0 Å². The number of aliphatic hydroxyl groups is 1. The van der Waals surface area contributed by atoms with Crippen molar-refractivity contribution in [3.63, 3.8) is 0 Å². The summed E-state index contributed by atoms with van der Waals surface area (Å²) < 4.78 is 10.2. The molecule has 4 rings (SSSR count). The van der Waals surface area contributed by atoms with Crippen LogP contribution in [0.2, 0.25) is 0 Å². The van der Waals surface area contributed by atoms with Gasteiger partial charge in [0.1, 0.15) is 11.5 Å². The molecular formula is C32H33NO6. The van der Waals surface area contributed by atoms with Gasteiger partial charge in [0.2, 0.25) is 0 Å². The average Bonchev–Trinajstić information content (AvgIpc) is 3.18. The Bertz CT molecular complexity index is 1480. The van der Waals surface area contributed by atoms with E-state index < -0.39 is 23.7 Å². The van der Waals surface area contributed by atoms with Crippen molar-refractivity contribution in [1.82, 2.24) is 0 Å². The molecule has 0 bridgehead atoms. The first-order valence-corrected chi connectivity index (χ1v) is 12.6. The summed E-state index contributed by atoms with van der Waals surface area (Å²) in [6.07, 6.45) is 0. The van der Waals surface area contributed by atoms with Gasteiger partial charge in [-0.2, -0.15) is 0 Å². The fourth-order valence-corrected chi connectivity index (χ4v) is 4.87. The summed E-state index contributed by atoms with van der Waals surface area (Å²) in [6.45, 7) is 9.97. The molecule has 1 aliphatic heterocycles. The number of amides is 1. The number of ether oxygens (including phenoxy) is 2. The number of aliphatic hydroxyl groups excluding tert-OH is 1. The fraction of sp³-hybridized carbons (Fsp3) is 0.281. The largest absolute Gasteiger partial charge is 0.507 e. The number of ketones is 1. The number of benzene rings is 3. The van der Waals surface area contributed by atoms with Gasteiger partial charge in [0.05, 0.1) is 31.4 Å². The zero-order chi connectivity index (χ0) is 28.6. The van der Waals surface area contributed by atoms with E-state index in [1.54, 1.807) is 31.4 Å². The lowest BCUT2D eigenvalue weighted by atomic mass is 9.85. The quantitative estimate of drug-likeness (QED) is 0.189. The highest BCUT2D eigenvalue weighted by Gasteiger charge is 2.47. The molecule has 0 aromatic heterocycles. The number of rotatable bonds is 5. The Morgan fingerprint density at radius 2 is 1.51 bits per heavy atom. The Labute approximate surface area is 228 Å². The van der Waals surface area contributed by atoms with Crippen LogP contribution in [-0.4, -0.2) is 37.0 Å². The Hall–Kier alpha value is -4.39. The van der Waals surface area contributed by atoms with E-state index in [0.717, 1.165) is 11.1 Å². The van der Waals surface area contributed by atoms with Crippen LogP contribution < -0.4 is 9.64 Å². The highest BCUT2D eigenvalue weighted by atomic mass is 16.5. The highest BCUT2D eigenvalue weighted by Crippen LogP contribution is 2.43. The van der Waals surface area contributed by atoms with Gasteiger partial charge in [-0.3, -0.25) is 14.5 Å². The number of Topliss-reactive ketones (excluding diaryl/α,β-unsaturated/α-hetero) is 1. The van der Waals surface area contributed by atoms with Gasteiger partial charge in [0.15, 0.2) is 0 Å². The van der Waals surface area contributed by atoms with E-state index in [2.05, 4.69) is 20.8 Å². The van der Waals surface area contributed by atoms with Crippen molar-refractivity contribution >= 4 is 29.1 Å². The van der Waals surface area contributed by atoms with Crippen LogP contribution in [0.3, 0.4) is 0 Å². The zero-order valence-electron chi connectivity index (χ0n) is 23.3. The number of carbonyl (C=O) groups is 3. The first-order valence-electron chi connectivity index (χ1n) is 12.6. The fourth-order valence-electron chi connectivity index (χ4n) is 4.87. The predicted octanol–water partition coefficient (Wildman–Crippen LogP) is 6.02. The SMILES string of the molecule is COC(=O)c1ccc(N2C(=O)C(=O)/C(=C(/O)c3cc(C)c(OC)cc3C)C2c2ccc(C(C)(C)C)cc2)cc1. The number of esters is 1. The standard InChI is InChI=1S/C32H33NO6/c1-18-17-25(38-6)19(2)16-24(18)28(34)26-27(20-8-12-22(13-9-20)32(3,4)5)33(30(36)29(26)35)23-14-10-21(11-15-23)31(37)39-7/h8-17,27,34H,1-7H3/b28-26+.